The minimum Gasteiger partial charge on any atom is -0.466 e. The predicted octanol–water partition coefficient (Wildman–Crippen LogP) is -0.618. The summed E-state index contributed by atoms with van der Waals surface area (Å²) >= 11 is 0. The van der Waals surface area contributed by atoms with Crippen molar-refractivity contribution in [2.24, 2.45) is 0 Å². The first-order valence-corrected chi connectivity index (χ1v) is 2.53. The van der Waals surface area contributed by atoms with Gasteiger partial charge in [0.1, 0.15) is 0 Å². The van der Waals surface area contributed by atoms with Crippen molar-refractivity contribution in [1.82, 2.24) is 15.2 Å². The third-order valence-corrected chi connectivity index (χ3v) is 0.843. The minimum absolute atomic E-state index is 0.198. The van der Waals surface area contributed by atoms with Crippen molar-refractivity contribution in [2.75, 3.05) is 12.4 Å². The summed E-state index contributed by atoms with van der Waals surface area (Å²) in [6.07, 6.45) is 0.500. The predicted molar refractivity (Wildman–Crippen MR) is 32.6 cm³/mol. The van der Waals surface area contributed by atoms with Crippen LogP contribution in [0.5, 0.6) is 6.01 Å². The number of nitrogens with one attached hydrogen (secondary N) is 2. The smallest absolute Gasteiger partial charge is 0.336 e. The zero-order valence-corrected chi connectivity index (χ0v) is 5.29. The standard InChI is InChI=1S/C4H6N4O2/c1-10-4-6-3(5-2-9)7-8-4/h2H,1H3,(H2,5,6,7,8,9). The van der Waals surface area contributed by atoms with Crippen LogP contribution in [0.15, 0.2) is 0 Å². The van der Waals surface area contributed by atoms with Crippen LogP contribution in [0.4, 0.5) is 5.95 Å². The Balaban J connectivity index is 2.67. The molecule has 0 aliphatic rings. The number of hydrogen-bond donors (Lipinski definition) is 2. The number of nitrogens with zero attached hydrogens (tertiary/aromatic N) is 2. The summed E-state index contributed by atoms with van der Waals surface area (Å²) in [5.41, 5.74) is 0. The first kappa shape index (κ1) is 6.53. The minimum atomic E-state index is 0.198. The van der Waals surface area contributed by atoms with E-state index in [0.717, 1.165) is 0 Å². The lowest BCUT2D eigenvalue weighted by Crippen LogP contribution is -1.95. The summed E-state index contributed by atoms with van der Waals surface area (Å²) in [7, 11) is 1.44. The Kier molecular flexibility index (Phi) is 1.83. The molecule has 2 N–H and O–H groups in total. The number of ether oxygens (including phenoxy) is 1. The van der Waals surface area contributed by atoms with Crippen LogP contribution in [0, 0.1) is 0 Å². The van der Waals surface area contributed by atoms with E-state index >= 15 is 0 Å². The second kappa shape index (κ2) is 2.81. The van der Waals surface area contributed by atoms with Crippen molar-refractivity contribution < 1.29 is 9.53 Å². The molecule has 0 saturated carbocycles. The van der Waals surface area contributed by atoms with Gasteiger partial charge in [-0.25, -0.2) is 5.10 Å². The number of H-pyrrole nitrogens is 1. The Morgan fingerprint density at radius 1 is 1.80 bits per heavy atom. The molecule has 0 saturated heterocycles. The molecule has 0 spiro atoms. The van der Waals surface area contributed by atoms with Crippen LogP contribution in [0.1, 0.15) is 0 Å². The molecule has 0 radical (unpaired) electrons. The maximum atomic E-state index is 9.83. The number of rotatable bonds is 3. The van der Waals surface area contributed by atoms with Gasteiger partial charge in [-0.1, -0.05) is 0 Å². The van der Waals surface area contributed by atoms with Crippen molar-refractivity contribution in [3.8, 4) is 6.01 Å². The average molecular weight is 142 g/mol. The molecule has 0 fully saturated rings. The number of hydrogen-bond acceptors (Lipinski definition) is 4. The zero-order chi connectivity index (χ0) is 7.40. The van der Waals surface area contributed by atoms with Gasteiger partial charge in [-0.2, -0.15) is 4.98 Å². The lowest BCUT2D eigenvalue weighted by atomic mass is 11.0. The highest BCUT2D eigenvalue weighted by atomic mass is 16.5. The van der Waals surface area contributed by atoms with Gasteiger partial charge in [-0.3, -0.25) is 10.1 Å². The lowest BCUT2D eigenvalue weighted by molar-refractivity contribution is -0.105. The Labute approximate surface area is 56.6 Å². The second-order valence-electron chi connectivity index (χ2n) is 1.43. The highest BCUT2D eigenvalue weighted by molar-refractivity contribution is 5.66. The quantitative estimate of drug-likeness (QED) is 0.551. The zero-order valence-electron chi connectivity index (χ0n) is 5.29. The molecule has 0 aliphatic carbocycles. The highest BCUT2D eigenvalue weighted by Gasteiger charge is 1.98. The van der Waals surface area contributed by atoms with Gasteiger partial charge in [0.05, 0.1) is 7.11 Å². The molecule has 6 nitrogen and oxygen atoms in total. The van der Waals surface area contributed by atoms with Crippen LogP contribution in [-0.2, 0) is 4.79 Å². The molecule has 0 atom stereocenters. The summed E-state index contributed by atoms with van der Waals surface area (Å²) in [6.45, 7) is 0. The van der Waals surface area contributed by atoms with E-state index in [1.807, 2.05) is 0 Å². The maximum absolute atomic E-state index is 9.83. The van der Waals surface area contributed by atoms with Gasteiger partial charge in [-0.05, 0) is 0 Å². The van der Waals surface area contributed by atoms with Gasteiger partial charge in [0.15, 0.2) is 0 Å². The van der Waals surface area contributed by atoms with Crippen LogP contribution in [0.2, 0.25) is 0 Å². The number of aromatic nitrogens is 3. The normalized spacial score (nSPS) is 8.90. The molecule has 1 amide bonds. The maximum Gasteiger partial charge on any atom is 0.336 e. The van der Waals surface area contributed by atoms with Crippen LogP contribution in [0.3, 0.4) is 0 Å². The van der Waals surface area contributed by atoms with E-state index in [4.69, 9.17) is 0 Å². The largest absolute Gasteiger partial charge is 0.466 e. The first-order chi connectivity index (χ1) is 4.86. The molecule has 10 heavy (non-hydrogen) atoms. The number of anilines is 1. The molecule has 1 rings (SSSR count). The fraction of sp³-hybridized carbons (Fsp3) is 0.250. The van der Waals surface area contributed by atoms with E-state index in [1.165, 1.54) is 7.11 Å². The molecule has 1 aromatic heterocycles. The van der Waals surface area contributed by atoms with Crippen LogP contribution < -0.4 is 10.1 Å². The van der Waals surface area contributed by atoms with Crippen LogP contribution >= 0.6 is 0 Å². The first-order valence-electron chi connectivity index (χ1n) is 2.53. The van der Waals surface area contributed by atoms with Gasteiger partial charge >= 0.3 is 6.01 Å². The molecular formula is C4H6N4O2. The topological polar surface area (TPSA) is 79.9 Å². The Bertz CT molecular complexity index is 221. The van der Waals surface area contributed by atoms with Crippen LogP contribution in [-0.4, -0.2) is 28.7 Å². The van der Waals surface area contributed by atoms with Crippen molar-refractivity contribution in [1.29, 1.82) is 0 Å². The van der Waals surface area contributed by atoms with Gasteiger partial charge in [0.25, 0.3) is 0 Å². The van der Waals surface area contributed by atoms with Crippen molar-refractivity contribution in [3.05, 3.63) is 0 Å². The average Bonchev–Trinajstić information content (AvgIpc) is 2.37. The van der Waals surface area contributed by atoms with Crippen molar-refractivity contribution in [3.63, 3.8) is 0 Å². The number of carbonyl (C=O) groups excluding carboxylic acids is 1. The monoisotopic (exact) mass is 142 g/mol. The second-order valence-corrected chi connectivity index (χ2v) is 1.43. The highest BCUT2D eigenvalue weighted by Crippen LogP contribution is 2.02. The number of aromatic amines is 1. The molecule has 0 aromatic carbocycles. The molecular weight excluding hydrogens is 136 g/mol. The molecule has 0 aliphatic heterocycles. The fourth-order valence-corrected chi connectivity index (χ4v) is 0.458. The number of carbonyl (C=O) groups is 1. The summed E-state index contributed by atoms with van der Waals surface area (Å²) in [5, 5.41) is 8.28. The number of amides is 1. The molecule has 0 unspecified atom stereocenters. The summed E-state index contributed by atoms with van der Waals surface area (Å²) < 4.78 is 4.63. The summed E-state index contributed by atoms with van der Waals surface area (Å²) in [4.78, 5) is 13.5. The van der Waals surface area contributed by atoms with Gasteiger partial charge < -0.3 is 4.74 Å². The third-order valence-electron chi connectivity index (χ3n) is 0.843. The molecule has 1 heterocycles. The Hall–Kier alpha value is -1.59. The van der Waals surface area contributed by atoms with Gasteiger partial charge in [0, 0.05) is 0 Å². The van der Waals surface area contributed by atoms with E-state index in [1.54, 1.807) is 0 Å². The van der Waals surface area contributed by atoms with Crippen molar-refractivity contribution >= 4 is 12.4 Å². The SMILES string of the molecule is COc1n[nH]c(NC=O)n1. The fourth-order valence-electron chi connectivity index (χ4n) is 0.458. The van der Waals surface area contributed by atoms with Crippen LogP contribution in [0.25, 0.3) is 0 Å². The molecule has 0 bridgehead atoms. The van der Waals surface area contributed by atoms with E-state index < -0.39 is 0 Å². The summed E-state index contributed by atoms with van der Waals surface area (Å²) in [6, 6.07) is 0.198. The number of methoxy groups -OCH3 is 1. The van der Waals surface area contributed by atoms with E-state index in [2.05, 4.69) is 25.2 Å². The third kappa shape index (κ3) is 1.22. The van der Waals surface area contributed by atoms with E-state index in [0.29, 0.717) is 6.41 Å². The lowest BCUT2D eigenvalue weighted by Gasteiger charge is -1.85. The Morgan fingerprint density at radius 3 is 3.10 bits per heavy atom. The van der Waals surface area contributed by atoms with Gasteiger partial charge in [0.2, 0.25) is 12.4 Å². The summed E-state index contributed by atoms with van der Waals surface area (Å²) in [5.74, 6) is 0.270. The van der Waals surface area contributed by atoms with E-state index in [-0.39, 0.29) is 12.0 Å². The molecule has 1 aromatic rings. The van der Waals surface area contributed by atoms with Gasteiger partial charge in [-0.15, -0.1) is 5.10 Å². The Morgan fingerprint density at radius 2 is 2.60 bits per heavy atom. The molecule has 6 heteroatoms. The van der Waals surface area contributed by atoms with E-state index in [9.17, 15) is 4.79 Å². The molecule has 54 valence electrons. The van der Waals surface area contributed by atoms with Crippen molar-refractivity contribution in [2.45, 2.75) is 0 Å².